The second kappa shape index (κ2) is 16.1. The summed E-state index contributed by atoms with van der Waals surface area (Å²) in [4.78, 5) is 4.55. The van der Waals surface area contributed by atoms with Gasteiger partial charge in [0.05, 0.1) is 32.1 Å². The van der Waals surface area contributed by atoms with E-state index < -0.39 is 0 Å². The van der Waals surface area contributed by atoms with Crippen LogP contribution >= 0.6 is 24.0 Å². The Morgan fingerprint density at radius 2 is 1.78 bits per heavy atom. The minimum Gasteiger partial charge on any atom is -0.379 e. The highest BCUT2D eigenvalue weighted by atomic mass is 127. The van der Waals surface area contributed by atoms with Gasteiger partial charge in [-0.2, -0.15) is 5.10 Å². The number of guanidine groups is 1. The Balaban J connectivity index is 0.00000676. The Morgan fingerprint density at radius 3 is 2.37 bits per heavy atom. The van der Waals surface area contributed by atoms with Crippen LogP contribution in [0, 0.1) is 13.8 Å². The van der Waals surface area contributed by atoms with Gasteiger partial charge in [0.25, 0.3) is 0 Å². The van der Waals surface area contributed by atoms with E-state index in [1.165, 1.54) is 11.3 Å². The maximum Gasteiger partial charge on any atom is 0.191 e. The van der Waals surface area contributed by atoms with E-state index in [4.69, 9.17) is 9.47 Å². The minimum absolute atomic E-state index is 0. The Labute approximate surface area is 181 Å². The van der Waals surface area contributed by atoms with Gasteiger partial charge in [-0.25, -0.2) is 0 Å². The lowest BCUT2D eigenvalue weighted by molar-refractivity contribution is 0.0497. The predicted molar refractivity (Wildman–Crippen MR) is 122 cm³/mol. The summed E-state index contributed by atoms with van der Waals surface area (Å²) in [6.45, 7) is 13.4. The molecule has 0 spiro atoms. The fourth-order valence-electron chi connectivity index (χ4n) is 2.62. The summed E-state index contributed by atoms with van der Waals surface area (Å²) in [6, 6.07) is 0. The summed E-state index contributed by atoms with van der Waals surface area (Å²) in [6.07, 6.45) is 3.21. The highest BCUT2D eigenvalue weighted by molar-refractivity contribution is 14.0. The van der Waals surface area contributed by atoms with Crippen LogP contribution in [0.15, 0.2) is 4.99 Å². The van der Waals surface area contributed by atoms with Crippen molar-refractivity contribution in [1.82, 2.24) is 20.4 Å². The number of nitrogens with zero attached hydrogens (tertiary/aromatic N) is 3. The van der Waals surface area contributed by atoms with Gasteiger partial charge in [0, 0.05) is 32.4 Å². The molecule has 0 unspecified atom stereocenters. The molecule has 0 aliphatic rings. The van der Waals surface area contributed by atoms with Crippen molar-refractivity contribution in [2.75, 3.05) is 46.1 Å². The topological polar surface area (TPSA) is 72.7 Å². The molecule has 0 aliphatic heterocycles. The Bertz CT molecular complexity index is 534. The van der Waals surface area contributed by atoms with Crippen LogP contribution in [-0.4, -0.2) is 61.8 Å². The number of aromatic nitrogens is 2. The summed E-state index contributed by atoms with van der Waals surface area (Å²) in [7, 11) is 1.99. The van der Waals surface area contributed by atoms with E-state index in [1.54, 1.807) is 0 Å². The van der Waals surface area contributed by atoms with E-state index in [0.29, 0.717) is 26.4 Å². The van der Waals surface area contributed by atoms with Crippen molar-refractivity contribution in [2.24, 2.45) is 12.0 Å². The molecule has 2 N–H and O–H groups in total. The van der Waals surface area contributed by atoms with Gasteiger partial charge in [0.2, 0.25) is 0 Å². The third kappa shape index (κ3) is 10.9. The molecule has 1 rings (SSSR count). The second-order valence-electron chi connectivity index (χ2n) is 6.29. The minimum atomic E-state index is 0. The molecule has 0 radical (unpaired) electrons. The van der Waals surface area contributed by atoms with E-state index in [-0.39, 0.29) is 24.0 Å². The molecular formula is C19H38IN5O2. The third-order valence-corrected chi connectivity index (χ3v) is 4.19. The Morgan fingerprint density at radius 1 is 1.07 bits per heavy atom. The normalized spacial score (nSPS) is 11.4. The van der Waals surface area contributed by atoms with Crippen molar-refractivity contribution in [1.29, 1.82) is 0 Å². The zero-order valence-electron chi connectivity index (χ0n) is 17.6. The van der Waals surface area contributed by atoms with Crippen molar-refractivity contribution in [3.05, 3.63) is 17.0 Å². The highest BCUT2D eigenvalue weighted by Gasteiger charge is 2.08. The molecule has 0 aromatic carbocycles. The van der Waals surface area contributed by atoms with E-state index >= 15 is 0 Å². The molecular weight excluding hydrogens is 457 g/mol. The van der Waals surface area contributed by atoms with E-state index in [1.807, 2.05) is 11.7 Å². The molecule has 158 valence electrons. The van der Waals surface area contributed by atoms with Gasteiger partial charge in [0.1, 0.15) is 0 Å². The quantitative estimate of drug-likeness (QED) is 0.191. The van der Waals surface area contributed by atoms with Gasteiger partial charge in [-0.3, -0.25) is 9.67 Å². The number of ether oxygens (including phenoxy) is 2. The lowest BCUT2D eigenvalue weighted by atomic mass is 10.1. The van der Waals surface area contributed by atoms with E-state index in [2.05, 4.69) is 48.4 Å². The Hall–Kier alpha value is -0.870. The van der Waals surface area contributed by atoms with Crippen molar-refractivity contribution < 1.29 is 9.47 Å². The molecule has 0 aliphatic carbocycles. The molecule has 0 saturated carbocycles. The summed E-state index contributed by atoms with van der Waals surface area (Å²) < 4.78 is 13.0. The molecule has 1 aromatic rings. The molecule has 0 saturated heterocycles. The van der Waals surface area contributed by atoms with Crippen molar-refractivity contribution >= 4 is 29.9 Å². The number of nitrogens with one attached hydrogen (secondary N) is 2. The van der Waals surface area contributed by atoms with Crippen LogP contribution in [0.2, 0.25) is 0 Å². The monoisotopic (exact) mass is 495 g/mol. The average molecular weight is 495 g/mol. The fourth-order valence-corrected chi connectivity index (χ4v) is 2.62. The van der Waals surface area contributed by atoms with Crippen LogP contribution in [0.25, 0.3) is 0 Å². The number of rotatable bonds is 13. The van der Waals surface area contributed by atoms with Gasteiger partial charge in [-0.15, -0.1) is 24.0 Å². The summed E-state index contributed by atoms with van der Waals surface area (Å²) in [5, 5.41) is 11.1. The Kier molecular flexibility index (Phi) is 15.6. The number of unbranched alkanes of at least 4 members (excludes halogenated alkanes) is 1. The first-order chi connectivity index (χ1) is 12.6. The van der Waals surface area contributed by atoms with Crippen LogP contribution in [0.4, 0.5) is 0 Å². The van der Waals surface area contributed by atoms with Crippen LogP contribution in [0.1, 0.15) is 43.6 Å². The van der Waals surface area contributed by atoms with Gasteiger partial charge >= 0.3 is 0 Å². The summed E-state index contributed by atoms with van der Waals surface area (Å²) in [5.74, 6) is 0.828. The van der Waals surface area contributed by atoms with Crippen LogP contribution in [-0.2, 0) is 22.9 Å². The smallest absolute Gasteiger partial charge is 0.191 e. The molecule has 27 heavy (non-hydrogen) atoms. The average Bonchev–Trinajstić information content (AvgIpc) is 2.86. The molecule has 1 aromatic heterocycles. The lowest BCUT2D eigenvalue weighted by Crippen LogP contribution is -2.38. The van der Waals surface area contributed by atoms with Crippen LogP contribution in [0.5, 0.6) is 0 Å². The van der Waals surface area contributed by atoms with Gasteiger partial charge in [-0.05, 0) is 39.2 Å². The van der Waals surface area contributed by atoms with Crippen molar-refractivity contribution in [3.63, 3.8) is 0 Å². The SMILES string of the molecule is CCCCOCCOCCN=C(NCC)NCCc1c(C)nn(C)c1C.I. The lowest BCUT2D eigenvalue weighted by Gasteiger charge is -2.11. The molecule has 7 nitrogen and oxygen atoms in total. The fraction of sp³-hybridized carbons (Fsp3) is 0.789. The highest BCUT2D eigenvalue weighted by Crippen LogP contribution is 2.11. The molecule has 0 amide bonds. The van der Waals surface area contributed by atoms with Crippen LogP contribution in [0.3, 0.4) is 0 Å². The molecule has 0 atom stereocenters. The maximum atomic E-state index is 5.55. The molecule has 0 fully saturated rings. The number of hydrogen-bond donors (Lipinski definition) is 2. The molecule has 1 heterocycles. The first kappa shape index (κ1) is 26.1. The number of hydrogen-bond acceptors (Lipinski definition) is 4. The van der Waals surface area contributed by atoms with Gasteiger partial charge < -0.3 is 20.1 Å². The molecule has 0 bridgehead atoms. The van der Waals surface area contributed by atoms with Gasteiger partial charge in [-0.1, -0.05) is 13.3 Å². The third-order valence-electron chi connectivity index (χ3n) is 4.19. The maximum absolute atomic E-state index is 5.55. The predicted octanol–water partition coefficient (Wildman–Crippen LogP) is 2.59. The largest absolute Gasteiger partial charge is 0.379 e. The van der Waals surface area contributed by atoms with Crippen molar-refractivity contribution in [2.45, 2.75) is 47.0 Å². The molecule has 8 heteroatoms. The van der Waals surface area contributed by atoms with Crippen molar-refractivity contribution in [3.8, 4) is 0 Å². The standard InChI is InChI=1S/C19H37N5O2.HI/c1-6-8-12-25-14-15-26-13-11-22-19(20-7-2)21-10-9-18-16(3)23-24(5)17(18)4;/h6-15H2,1-5H3,(H2,20,21,22);1H. The van der Waals surface area contributed by atoms with E-state index in [9.17, 15) is 0 Å². The second-order valence-corrected chi connectivity index (χ2v) is 6.29. The van der Waals surface area contributed by atoms with Crippen LogP contribution < -0.4 is 10.6 Å². The zero-order valence-corrected chi connectivity index (χ0v) is 20.0. The number of aliphatic imine (C=N–C) groups is 1. The number of aryl methyl sites for hydroxylation is 2. The summed E-state index contributed by atoms with van der Waals surface area (Å²) in [5.41, 5.74) is 3.63. The van der Waals surface area contributed by atoms with Gasteiger partial charge in [0.15, 0.2) is 5.96 Å². The first-order valence-electron chi connectivity index (χ1n) is 9.76. The first-order valence-corrected chi connectivity index (χ1v) is 9.76. The van der Waals surface area contributed by atoms with E-state index in [0.717, 1.165) is 50.6 Å². The zero-order chi connectivity index (χ0) is 19.2. The number of halogens is 1. The summed E-state index contributed by atoms with van der Waals surface area (Å²) >= 11 is 0.